The van der Waals surface area contributed by atoms with Crippen LogP contribution in [0.2, 0.25) is 5.02 Å². The van der Waals surface area contributed by atoms with Gasteiger partial charge in [-0.2, -0.15) is 0 Å². The molecule has 0 N–H and O–H groups in total. The molecule has 2 nitrogen and oxygen atoms in total. The molecule has 1 aromatic heterocycles. The van der Waals surface area contributed by atoms with Crippen molar-refractivity contribution in [1.82, 2.24) is 4.98 Å². The van der Waals surface area contributed by atoms with Crippen LogP contribution in [0, 0.1) is 0 Å². The Morgan fingerprint density at radius 2 is 2.06 bits per heavy atom. The molecule has 0 saturated carbocycles. The van der Waals surface area contributed by atoms with E-state index in [0.717, 1.165) is 17.7 Å². The molecule has 1 heterocycles. The number of hydrogen-bond acceptors (Lipinski definition) is 2. The minimum atomic E-state index is 0.387. The third kappa shape index (κ3) is 3.15. The summed E-state index contributed by atoms with van der Waals surface area (Å²) in [7, 11) is 0. The van der Waals surface area contributed by atoms with E-state index in [1.54, 1.807) is 12.3 Å². The number of rotatable bonds is 4. The first-order valence-electron chi connectivity index (χ1n) is 5.70. The first kappa shape index (κ1) is 13.2. The number of aromatic nitrogens is 1. The highest BCUT2D eigenvalue weighted by molar-refractivity contribution is 6.32. The van der Waals surface area contributed by atoms with Crippen molar-refractivity contribution in [2.45, 2.75) is 19.2 Å². The average molecular weight is 282 g/mol. The predicted octanol–water partition coefficient (Wildman–Crippen LogP) is 4.83. The highest BCUT2D eigenvalue weighted by Gasteiger charge is 2.06. The maximum Gasteiger partial charge on any atom is 0.238 e. The van der Waals surface area contributed by atoms with Gasteiger partial charge in [-0.15, -0.1) is 11.6 Å². The SMILES string of the molecule is CCc1cccc(Oc2ncc(CCl)cc2Cl)c1. The van der Waals surface area contributed by atoms with Crippen LogP contribution in [-0.4, -0.2) is 4.98 Å². The Labute approximate surface area is 117 Å². The third-order valence-electron chi connectivity index (χ3n) is 2.54. The van der Waals surface area contributed by atoms with Crippen LogP contribution in [0.3, 0.4) is 0 Å². The number of alkyl halides is 1. The Bertz CT molecular complexity index is 543. The van der Waals surface area contributed by atoms with E-state index in [1.165, 1.54) is 5.56 Å². The van der Waals surface area contributed by atoms with Gasteiger partial charge in [0.05, 0.1) is 0 Å². The Balaban J connectivity index is 2.22. The molecule has 2 rings (SSSR count). The number of ether oxygens (including phenoxy) is 1. The van der Waals surface area contributed by atoms with Gasteiger partial charge >= 0.3 is 0 Å². The van der Waals surface area contributed by atoms with Crippen molar-refractivity contribution in [3.63, 3.8) is 0 Å². The fourth-order valence-corrected chi connectivity index (χ4v) is 1.93. The lowest BCUT2D eigenvalue weighted by molar-refractivity contribution is 0.462. The lowest BCUT2D eigenvalue weighted by Crippen LogP contribution is -1.91. The van der Waals surface area contributed by atoms with E-state index in [1.807, 2.05) is 18.2 Å². The molecule has 0 amide bonds. The first-order valence-corrected chi connectivity index (χ1v) is 6.61. The van der Waals surface area contributed by atoms with Crippen molar-refractivity contribution in [1.29, 1.82) is 0 Å². The molecule has 0 atom stereocenters. The maximum atomic E-state index is 6.09. The summed E-state index contributed by atoms with van der Waals surface area (Å²) in [5, 5.41) is 0.468. The Morgan fingerprint density at radius 3 is 2.72 bits per heavy atom. The first-order chi connectivity index (χ1) is 8.72. The van der Waals surface area contributed by atoms with Gasteiger partial charge in [0, 0.05) is 12.1 Å². The van der Waals surface area contributed by atoms with Gasteiger partial charge in [-0.05, 0) is 35.7 Å². The minimum absolute atomic E-state index is 0.387. The van der Waals surface area contributed by atoms with Crippen LogP contribution in [0.25, 0.3) is 0 Å². The molecule has 1 aromatic carbocycles. The van der Waals surface area contributed by atoms with Crippen molar-refractivity contribution >= 4 is 23.2 Å². The van der Waals surface area contributed by atoms with Crippen molar-refractivity contribution < 1.29 is 4.74 Å². The average Bonchev–Trinajstić information content (AvgIpc) is 2.41. The van der Waals surface area contributed by atoms with Gasteiger partial charge < -0.3 is 4.74 Å². The van der Waals surface area contributed by atoms with E-state index in [9.17, 15) is 0 Å². The van der Waals surface area contributed by atoms with Crippen LogP contribution in [0.1, 0.15) is 18.1 Å². The van der Waals surface area contributed by atoms with Crippen molar-refractivity contribution in [2.75, 3.05) is 0 Å². The number of nitrogens with zero attached hydrogens (tertiary/aromatic N) is 1. The Kier molecular flexibility index (Phi) is 4.45. The van der Waals surface area contributed by atoms with E-state index < -0.39 is 0 Å². The van der Waals surface area contributed by atoms with Crippen LogP contribution in [0.15, 0.2) is 36.5 Å². The van der Waals surface area contributed by atoms with E-state index in [2.05, 4.69) is 18.0 Å². The Hall–Kier alpha value is -1.25. The van der Waals surface area contributed by atoms with E-state index in [4.69, 9.17) is 27.9 Å². The highest BCUT2D eigenvalue weighted by Crippen LogP contribution is 2.28. The number of aryl methyl sites for hydroxylation is 1. The van der Waals surface area contributed by atoms with Crippen LogP contribution in [-0.2, 0) is 12.3 Å². The summed E-state index contributed by atoms with van der Waals surface area (Å²) in [4.78, 5) is 4.16. The number of pyridine rings is 1. The van der Waals surface area contributed by atoms with Gasteiger partial charge in [0.1, 0.15) is 10.8 Å². The topological polar surface area (TPSA) is 22.1 Å². The van der Waals surface area contributed by atoms with Crippen LogP contribution in [0.5, 0.6) is 11.6 Å². The fourth-order valence-electron chi connectivity index (χ4n) is 1.55. The zero-order valence-electron chi connectivity index (χ0n) is 9.99. The molecule has 18 heavy (non-hydrogen) atoms. The summed E-state index contributed by atoms with van der Waals surface area (Å²) in [5.41, 5.74) is 2.08. The molecule has 0 spiro atoms. The second-order valence-corrected chi connectivity index (χ2v) is 4.54. The predicted molar refractivity (Wildman–Crippen MR) is 74.7 cm³/mol. The van der Waals surface area contributed by atoms with Crippen LogP contribution >= 0.6 is 23.2 Å². The van der Waals surface area contributed by atoms with Gasteiger partial charge in [-0.3, -0.25) is 0 Å². The second-order valence-electron chi connectivity index (χ2n) is 3.87. The van der Waals surface area contributed by atoms with Gasteiger partial charge in [-0.25, -0.2) is 4.98 Å². The number of hydrogen-bond donors (Lipinski definition) is 0. The quantitative estimate of drug-likeness (QED) is 0.749. The minimum Gasteiger partial charge on any atom is -0.438 e. The second kappa shape index (κ2) is 6.07. The van der Waals surface area contributed by atoms with Crippen molar-refractivity contribution in [3.05, 3.63) is 52.7 Å². The summed E-state index contributed by atoms with van der Waals surface area (Å²) in [5.74, 6) is 1.53. The van der Waals surface area contributed by atoms with Crippen molar-refractivity contribution in [2.24, 2.45) is 0 Å². The largest absolute Gasteiger partial charge is 0.438 e. The molecule has 0 bridgehead atoms. The lowest BCUT2D eigenvalue weighted by atomic mass is 10.2. The summed E-state index contributed by atoms with van der Waals surface area (Å²) >= 11 is 11.8. The molecule has 0 fully saturated rings. The van der Waals surface area contributed by atoms with E-state index in [-0.39, 0.29) is 0 Å². The van der Waals surface area contributed by atoms with Crippen LogP contribution in [0.4, 0.5) is 0 Å². The van der Waals surface area contributed by atoms with Crippen LogP contribution < -0.4 is 4.74 Å². The smallest absolute Gasteiger partial charge is 0.238 e. The molecular weight excluding hydrogens is 269 g/mol. The summed E-state index contributed by atoms with van der Waals surface area (Å²) in [6, 6.07) is 9.63. The highest BCUT2D eigenvalue weighted by atomic mass is 35.5. The molecule has 4 heteroatoms. The standard InChI is InChI=1S/C14H13Cl2NO/c1-2-10-4-3-5-12(6-10)18-14-13(16)7-11(8-15)9-17-14/h3-7,9H,2,8H2,1H3. The maximum absolute atomic E-state index is 6.09. The summed E-state index contributed by atoms with van der Waals surface area (Å²) in [6.07, 6.45) is 2.63. The molecule has 0 aliphatic carbocycles. The monoisotopic (exact) mass is 281 g/mol. The number of halogens is 2. The fraction of sp³-hybridized carbons (Fsp3) is 0.214. The van der Waals surface area contributed by atoms with Gasteiger partial charge in [0.2, 0.25) is 5.88 Å². The molecule has 0 radical (unpaired) electrons. The zero-order chi connectivity index (χ0) is 13.0. The lowest BCUT2D eigenvalue weighted by Gasteiger charge is -2.08. The van der Waals surface area contributed by atoms with Crippen molar-refractivity contribution in [3.8, 4) is 11.6 Å². The number of benzene rings is 1. The Morgan fingerprint density at radius 1 is 1.22 bits per heavy atom. The molecule has 2 aromatic rings. The van der Waals surface area contributed by atoms with Gasteiger partial charge in [0.15, 0.2) is 0 Å². The molecule has 0 saturated heterocycles. The zero-order valence-corrected chi connectivity index (χ0v) is 11.5. The molecule has 0 unspecified atom stereocenters. The molecular formula is C14H13Cl2NO. The summed E-state index contributed by atoms with van der Waals surface area (Å²) < 4.78 is 5.66. The normalized spacial score (nSPS) is 10.4. The molecule has 0 aliphatic heterocycles. The third-order valence-corrected chi connectivity index (χ3v) is 3.12. The molecule has 0 aliphatic rings. The van der Waals surface area contributed by atoms with Gasteiger partial charge in [-0.1, -0.05) is 30.7 Å². The van der Waals surface area contributed by atoms with Gasteiger partial charge in [0.25, 0.3) is 0 Å². The molecule has 94 valence electrons. The van der Waals surface area contributed by atoms with E-state index in [0.29, 0.717) is 16.8 Å². The van der Waals surface area contributed by atoms with E-state index >= 15 is 0 Å². The summed E-state index contributed by atoms with van der Waals surface area (Å²) in [6.45, 7) is 2.10.